The van der Waals surface area contributed by atoms with Crippen LogP contribution in [0.25, 0.3) is 0 Å². The molecule has 0 fully saturated rings. The number of carbonyl (C=O) groups is 2. The normalized spacial score (nSPS) is 24.7. The van der Waals surface area contributed by atoms with Crippen molar-refractivity contribution in [1.29, 1.82) is 0 Å². The molecule has 0 aromatic heterocycles. The Morgan fingerprint density at radius 1 is 1.20 bits per heavy atom. The van der Waals surface area contributed by atoms with Crippen molar-refractivity contribution in [3.8, 4) is 17.2 Å². The number of allylic oxidation sites excluding steroid dienone is 1. The molecule has 0 amide bonds. The van der Waals surface area contributed by atoms with Gasteiger partial charge in [0.15, 0.2) is 5.75 Å². The highest BCUT2D eigenvalue weighted by atomic mass is 35.5. The fourth-order valence-corrected chi connectivity index (χ4v) is 3.77. The fourth-order valence-electron chi connectivity index (χ4n) is 3.51. The number of halogens is 1. The molecule has 1 aromatic carbocycles. The summed E-state index contributed by atoms with van der Waals surface area (Å²) in [5.41, 5.74) is -1.46. The second-order valence-electron chi connectivity index (χ2n) is 5.95. The van der Waals surface area contributed by atoms with Gasteiger partial charge in [-0.1, -0.05) is 18.5 Å². The molecule has 0 radical (unpaired) electrons. The van der Waals surface area contributed by atoms with Gasteiger partial charge in [-0.25, -0.2) is 0 Å². The summed E-state index contributed by atoms with van der Waals surface area (Å²) in [4.78, 5) is 26.2. The first-order chi connectivity index (χ1) is 11.9. The summed E-state index contributed by atoms with van der Waals surface area (Å²) >= 11 is 6.34. The molecule has 0 saturated carbocycles. The number of ketones is 2. The second-order valence-corrected chi connectivity index (χ2v) is 6.33. The lowest BCUT2D eigenvalue weighted by Gasteiger charge is -2.36. The minimum Gasteiger partial charge on any atom is -0.501 e. The van der Waals surface area contributed by atoms with E-state index in [0.29, 0.717) is 24.4 Å². The monoisotopic (exact) mass is 366 g/mol. The molecule has 6 nitrogen and oxygen atoms in total. The lowest BCUT2D eigenvalue weighted by Crippen LogP contribution is -2.55. The van der Waals surface area contributed by atoms with Crippen molar-refractivity contribution in [2.24, 2.45) is 5.92 Å². The summed E-state index contributed by atoms with van der Waals surface area (Å²) in [5.74, 6) is -0.0113. The van der Waals surface area contributed by atoms with Gasteiger partial charge in [-0.15, -0.1) is 0 Å². The Morgan fingerprint density at radius 2 is 1.88 bits per heavy atom. The first-order valence-electron chi connectivity index (χ1n) is 7.91. The van der Waals surface area contributed by atoms with Crippen LogP contribution in [0.4, 0.5) is 0 Å². The molecule has 2 aliphatic rings. The number of ether oxygens (including phenoxy) is 4. The number of hydrogen-bond donors (Lipinski definition) is 0. The summed E-state index contributed by atoms with van der Waals surface area (Å²) < 4.78 is 21.7. The molecule has 1 spiro atoms. The topological polar surface area (TPSA) is 71.1 Å². The van der Waals surface area contributed by atoms with Crippen molar-refractivity contribution in [2.45, 2.75) is 25.4 Å². The van der Waals surface area contributed by atoms with Crippen LogP contribution in [0, 0.1) is 5.92 Å². The smallest absolute Gasteiger partial charge is 0.236 e. The van der Waals surface area contributed by atoms with Gasteiger partial charge in [0, 0.05) is 24.5 Å². The SMILES string of the molecule is CC[C@@H]1CC(OC)=CC(=O)[C@@]12Oc1c(Cl)c(OC)cc(OC)c1C2=O. The van der Waals surface area contributed by atoms with E-state index in [0.717, 1.165) is 0 Å². The zero-order valence-corrected chi connectivity index (χ0v) is 15.2. The van der Waals surface area contributed by atoms with Crippen LogP contribution in [0.1, 0.15) is 30.1 Å². The number of rotatable bonds is 4. The first kappa shape index (κ1) is 17.6. The van der Waals surface area contributed by atoms with Crippen molar-refractivity contribution < 1.29 is 28.5 Å². The first-order valence-corrected chi connectivity index (χ1v) is 8.29. The molecule has 1 aliphatic carbocycles. The van der Waals surface area contributed by atoms with Crippen molar-refractivity contribution in [2.75, 3.05) is 21.3 Å². The minimum atomic E-state index is -1.64. The predicted molar refractivity (Wildman–Crippen MR) is 90.7 cm³/mol. The summed E-state index contributed by atoms with van der Waals surface area (Å²) in [6, 6.07) is 1.52. The van der Waals surface area contributed by atoms with E-state index < -0.39 is 17.2 Å². The van der Waals surface area contributed by atoms with Gasteiger partial charge in [-0.05, 0) is 6.42 Å². The van der Waals surface area contributed by atoms with E-state index in [1.807, 2.05) is 6.92 Å². The van der Waals surface area contributed by atoms with E-state index in [1.165, 1.54) is 33.5 Å². The van der Waals surface area contributed by atoms with Gasteiger partial charge in [-0.2, -0.15) is 0 Å². The van der Waals surface area contributed by atoms with Crippen LogP contribution in [-0.2, 0) is 9.53 Å². The minimum absolute atomic E-state index is 0.129. The van der Waals surface area contributed by atoms with E-state index in [-0.39, 0.29) is 28.0 Å². The average Bonchev–Trinajstić information content (AvgIpc) is 2.93. The number of benzene rings is 1. The lowest BCUT2D eigenvalue weighted by atomic mass is 9.72. The third-order valence-corrected chi connectivity index (χ3v) is 5.21. The maximum absolute atomic E-state index is 13.3. The van der Waals surface area contributed by atoms with Crippen molar-refractivity contribution in [3.05, 3.63) is 28.5 Å². The zero-order chi connectivity index (χ0) is 18.4. The number of fused-ring (bicyclic) bond motifs is 1. The molecule has 0 unspecified atom stereocenters. The van der Waals surface area contributed by atoms with Crippen LogP contribution >= 0.6 is 11.6 Å². The van der Waals surface area contributed by atoms with E-state index in [1.54, 1.807) is 0 Å². The van der Waals surface area contributed by atoms with E-state index in [2.05, 4.69) is 0 Å². The maximum Gasteiger partial charge on any atom is 0.236 e. The van der Waals surface area contributed by atoms with Crippen LogP contribution in [0.5, 0.6) is 17.2 Å². The molecule has 25 heavy (non-hydrogen) atoms. The van der Waals surface area contributed by atoms with Gasteiger partial charge < -0.3 is 18.9 Å². The second kappa shape index (κ2) is 6.26. The largest absolute Gasteiger partial charge is 0.501 e. The standard InChI is InChI=1S/C18H19ClO6/c1-5-9-6-10(22-2)7-13(20)18(9)17(21)14-11(23-3)8-12(24-4)15(19)16(14)25-18/h7-9H,5-6H2,1-4H3/t9-,18+/m1/s1. The Hall–Kier alpha value is -2.21. The van der Waals surface area contributed by atoms with Gasteiger partial charge in [0.2, 0.25) is 17.2 Å². The van der Waals surface area contributed by atoms with Gasteiger partial charge >= 0.3 is 0 Å². The third kappa shape index (κ3) is 2.31. The van der Waals surface area contributed by atoms with E-state index in [4.69, 9.17) is 30.5 Å². The molecule has 1 heterocycles. The molecular formula is C18H19ClO6. The van der Waals surface area contributed by atoms with E-state index >= 15 is 0 Å². The number of carbonyl (C=O) groups excluding carboxylic acids is 2. The zero-order valence-electron chi connectivity index (χ0n) is 14.5. The molecular weight excluding hydrogens is 348 g/mol. The molecule has 1 aliphatic heterocycles. The third-order valence-electron chi connectivity index (χ3n) is 4.85. The predicted octanol–water partition coefficient (Wildman–Crippen LogP) is 3.20. The molecule has 0 N–H and O–H groups in total. The average molecular weight is 367 g/mol. The molecule has 7 heteroatoms. The molecule has 0 bridgehead atoms. The molecule has 3 rings (SSSR count). The van der Waals surface area contributed by atoms with Crippen molar-refractivity contribution in [1.82, 2.24) is 0 Å². The Labute approximate surface area is 150 Å². The Balaban J connectivity index is 2.21. The lowest BCUT2D eigenvalue weighted by molar-refractivity contribution is -0.130. The van der Waals surface area contributed by atoms with Crippen LogP contribution in [-0.4, -0.2) is 38.5 Å². The van der Waals surface area contributed by atoms with Crippen LogP contribution in [0.15, 0.2) is 17.9 Å². The van der Waals surface area contributed by atoms with Crippen molar-refractivity contribution >= 4 is 23.2 Å². The summed E-state index contributed by atoms with van der Waals surface area (Å²) in [6.45, 7) is 1.90. The molecule has 0 saturated heterocycles. The molecule has 1 aromatic rings. The Bertz CT molecular complexity index is 784. The van der Waals surface area contributed by atoms with E-state index in [9.17, 15) is 9.59 Å². The highest BCUT2D eigenvalue weighted by molar-refractivity contribution is 6.36. The van der Waals surface area contributed by atoms with Crippen LogP contribution in [0.3, 0.4) is 0 Å². The summed E-state index contributed by atoms with van der Waals surface area (Å²) in [5, 5.41) is 0.146. The Morgan fingerprint density at radius 3 is 2.44 bits per heavy atom. The molecule has 2 atom stereocenters. The summed E-state index contributed by atoms with van der Waals surface area (Å²) in [7, 11) is 4.39. The highest BCUT2D eigenvalue weighted by Crippen LogP contribution is 2.53. The number of Topliss-reactive ketones (excluding diaryl/α,β-unsaturated/α-hetero) is 1. The van der Waals surface area contributed by atoms with Gasteiger partial charge in [0.1, 0.15) is 22.1 Å². The maximum atomic E-state index is 13.3. The van der Waals surface area contributed by atoms with Crippen LogP contribution < -0.4 is 14.2 Å². The fraction of sp³-hybridized carbons (Fsp3) is 0.444. The summed E-state index contributed by atoms with van der Waals surface area (Å²) in [6.07, 6.45) is 2.31. The van der Waals surface area contributed by atoms with Crippen molar-refractivity contribution in [3.63, 3.8) is 0 Å². The quantitative estimate of drug-likeness (QED) is 0.762. The molecule has 134 valence electrons. The van der Waals surface area contributed by atoms with Gasteiger partial charge in [-0.3, -0.25) is 9.59 Å². The van der Waals surface area contributed by atoms with Gasteiger partial charge in [0.25, 0.3) is 0 Å². The number of methoxy groups -OCH3 is 3. The highest BCUT2D eigenvalue weighted by Gasteiger charge is 2.61. The number of hydrogen-bond acceptors (Lipinski definition) is 6. The van der Waals surface area contributed by atoms with Gasteiger partial charge in [0.05, 0.1) is 27.1 Å². The Kier molecular flexibility index (Phi) is 4.41. The van der Waals surface area contributed by atoms with Crippen LogP contribution in [0.2, 0.25) is 5.02 Å².